The Labute approximate surface area is 121 Å². The van der Waals surface area contributed by atoms with Gasteiger partial charge in [-0.05, 0) is 31.7 Å². The lowest BCUT2D eigenvalue weighted by Crippen LogP contribution is -2.45. The third-order valence-corrected chi connectivity index (χ3v) is 4.32. The summed E-state index contributed by atoms with van der Waals surface area (Å²) < 4.78 is 0. The molecule has 3 nitrogen and oxygen atoms in total. The van der Waals surface area contributed by atoms with Crippen molar-refractivity contribution in [1.82, 2.24) is 4.90 Å². The van der Waals surface area contributed by atoms with Crippen molar-refractivity contribution < 1.29 is 9.90 Å². The zero-order chi connectivity index (χ0) is 14.5. The number of hydrogen-bond donors (Lipinski definition) is 1. The number of nitrogens with zero attached hydrogens (tertiary/aromatic N) is 1. The predicted octanol–water partition coefficient (Wildman–Crippen LogP) is 2.55. The molecule has 0 saturated carbocycles. The van der Waals surface area contributed by atoms with Crippen LogP contribution in [-0.4, -0.2) is 35.1 Å². The molecule has 2 atom stereocenters. The minimum atomic E-state index is -0.235. The summed E-state index contributed by atoms with van der Waals surface area (Å²) in [6.45, 7) is 5.56. The van der Waals surface area contributed by atoms with Gasteiger partial charge in [-0.25, -0.2) is 0 Å². The van der Waals surface area contributed by atoms with E-state index in [-0.39, 0.29) is 17.9 Å². The summed E-state index contributed by atoms with van der Waals surface area (Å²) >= 11 is 0. The largest absolute Gasteiger partial charge is 0.393 e. The molecule has 1 aromatic carbocycles. The minimum Gasteiger partial charge on any atom is -0.393 e. The maximum absolute atomic E-state index is 12.3. The van der Waals surface area contributed by atoms with Crippen molar-refractivity contribution in [2.45, 2.75) is 45.6 Å². The van der Waals surface area contributed by atoms with Crippen molar-refractivity contribution in [1.29, 1.82) is 0 Å². The summed E-state index contributed by atoms with van der Waals surface area (Å²) in [5.41, 5.74) is 2.46. The lowest BCUT2D eigenvalue weighted by atomic mass is 9.92. The normalized spacial score (nSPS) is 22.9. The van der Waals surface area contributed by atoms with E-state index in [9.17, 15) is 9.90 Å². The second-order valence-electron chi connectivity index (χ2n) is 5.85. The number of hydrogen-bond acceptors (Lipinski definition) is 2. The first-order valence-corrected chi connectivity index (χ1v) is 7.61. The van der Waals surface area contributed by atoms with Gasteiger partial charge in [0, 0.05) is 25.4 Å². The topological polar surface area (TPSA) is 40.5 Å². The summed E-state index contributed by atoms with van der Waals surface area (Å²) in [6.07, 6.45) is 2.78. The van der Waals surface area contributed by atoms with Crippen molar-refractivity contribution in [3.8, 4) is 0 Å². The molecule has 0 aromatic heterocycles. The number of likely N-dealkylation sites (tertiary alicyclic amines) is 1. The first-order valence-electron chi connectivity index (χ1n) is 7.61. The van der Waals surface area contributed by atoms with Crippen LogP contribution in [-0.2, 0) is 11.2 Å². The van der Waals surface area contributed by atoms with Crippen molar-refractivity contribution in [3.63, 3.8) is 0 Å². The molecule has 1 aromatic rings. The van der Waals surface area contributed by atoms with Gasteiger partial charge in [0.15, 0.2) is 0 Å². The molecule has 2 unspecified atom stereocenters. The molecule has 0 aliphatic carbocycles. The van der Waals surface area contributed by atoms with Crippen LogP contribution in [0.3, 0.4) is 0 Å². The number of carbonyl (C=O) groups is 1. The molecular formula is C17H25NO2. The monoisotopic (exact) mass is 275 g/mol. The Morgan fingerprint density at radius 1 is 1.35 bits per heavy atom. The average Bonchev–Trinajstić information content (AvgIpc) is 2.47. The molecule has 2 rings (SSSR count). The Morgan fingerprint density at radius 3 is 2.70 bits per heavy atom. The van der Waals surface area contributed by atoms with Gasteiger partial charge in [-0.1, -0.05) is 36.8 Å². The van der Waals surface area contributed by atoms with Crippen LogP contribution in [0.25, 0.3) is 0 Å². The van der Waals surface area contributed by atoms with Crippen molar-refractivity contribution in [2.75, 3.05) is 13.1 Å². The van der Waals surface area contributed by atoms with Crippen molar-refractivity contribution in [2.24, 2.45) is 5.92 Å². The maximum Gasteiger partial charge on any atom is 0.222 e. The van der Waals surface area contributed by atoms with E-state index >= 15 is 0 Å². The molecule has 1 saturated heterocycles. The number of aliphatic hydroxyl groups is 1. The molecule has 1 fully saturated rings. The first kappa shape index (κ1) is 15.0. The number of amides is 1. The Bertz CT molecular complexity index is 441. The molecule has 1 aliphatic rings. The number of aliphatic hydroxyl groups excluding tert-OH is 1. The molecule has 1 heterocycles. The average molecular weight is 275 g/mol. The van der Waals surface area contributed by atoms with E-state index < -0.39 is 0 Å². The Balaban J connectivity index is 1.84. The highest BCUT2D eigenvalue weighted by molar-refractivity contribution is 5.76. The van der Waals surface area contributed by atoms with Crippen LogP contribution in [0.1, 0.15) is 37.3 Å². The highest BCUT2D eigenvalue weighted by Crippen LogP contribution is 2.21. The summed E-state index contributed by atoms with van der Waals surface area (Å²) in [6, 6.07) is 8.36. The Kier molecular flexibility index (Phi) is 5.18. The lowest BCUT2D eigenvalue weighted by molar-refractivity contribution is -0.135. The third kappa shape index (κ3) is 3.83. The summed E-state index contributed by atoms with van der Waals surface area (Å²) in [4.78, 5) is 14.2. The number of carbonyl (C=O) groups excluding carboxylic acids is 1. The SMILES string of the molecule is CCC1CN(C(=O)CCc2ccc(C)cc2)CCC1O. The molecule has 0 bridgehead atoms. The summed E-state index contributed by atoms with van der Waals surface area (Å²) in [5.74, 6) is 0.461. The molecule has 110 valence electrons. The zero-order valence-electron chi connectivity index (χ0n) is 12.5. The summed E-state index contributed by atoms with van der Waals surface area (Å²) in [5, 5.41) is 9.86. The van der Waals surface area contributed by atoms with E-state index in [4.69, 9.17) is 0 Å². The van der Waals surface area contributed by atoms with Crippen molar-refractivity contribution >= 4 is 5.91 Å². The second-order valence-corrected chi connectivity index (χ2v) is 5.85. The van der Waals surface area contributed by atoms with Gasteiger partial charge < -0.3 is 10.0 Å². The molecule has 20 heavy (non-hydrogen) atoms. The predicted molar refractivity (Wildman–Crippen MR) is 80.5 cm³/mol. The fraction of sp³-hybridized carbons (Fsp3) is 0.588. The van der Waals surface area contributed by atoms with Crippen LogP contribution in [0, 0.1) is 12.8 Å². The second kappa shape index (κ2) is 6.89. The van der Waals surface area contributed by atoms with Gasteiger partial charge in [-0.2, -0.15) is 0 Å². The molecule has 1 N–H and O–H groups in total. The van der Waals surface area contributed by atoms with E-state index in [1.807, 2.05) is 4.90 Å². The Morgan fingerprint density at radius 2 is 2.05 bits per heavy atom. The molecule has 1 aliphatic heterocycles. The van der Waals surface area contributed by atoms with Crippen LogP contribution < -0.4 is 0 Å². The third-order valence-electron chi connectivity index (χ3n) is 4.32. The van der Waals surface area contributed by atoms with Gasteiger partial charge in [-0.15, -0.1) is 0 Å². The Hall–Kier alpha value is -1.35. The van der Waals surface area contributed by atoms with Gasteiger partial charge in [0.05, 0.1) is 6.10 Å². The van der Waals surface area contributed by atoms with Gasteiger partial charge in [0.1, 0.15) is 0 Å². The van der Waals surface area contributed by atoms with Crippen LogP contribution in [0.5, 0.6) is 0 Å². The van der Waals surface area contributed by atoms with E-state index in [2.05, 4.69) is 38.1 Å². The van der Waals surface area contributed by atoms with Gasteiger partial charge >= 0.3 is 0 Å². The van der Waals surface area contributed by atoms with E-state index in [1.165, 1.54) is 11.1 Å². The van der Waals surface area contributed by atoms with Gasteiger partial charge in [0.2, 0.25) is 5.91 Å². The van der Waals surface area contributed by atoms with Crippen LogP contribution in [0.2, 0.25) is 0 Å². The highest BCUT2D eigenvalue weighted by Gasteiger charge is 2.28. The van der Waals surface area contributed by atoms with Crippen LogP contribution >= 0.6 is 0 Å². The number of aryl methyl sites for hydroxylation is 2. The first-order chi connectivity index (χ1) is 9.60. The molecule has 3 heteroatoms. The maximum atomic E-state index is 12.3. The summed E-state index contributed by atoms with van der Waals surface area (Å²) in [7, 11) is 0. The molecule has 0 spiro atoms. The highest BCUT2D eigenvalue weighted by atomic mass is 16.3. The standard InChI is InChI=1S/C17H25NO2/c1-3-15-12-18(11-10-16(15)19)17(20)9-8-14-6-4-13(2)5-7-14/h4-7,15-16,19H,3,8-12H2,1-2H3. The molecular weight excluding hydrogens is 250 g/mol. The molecule has 1 amide bonds. The van der Waals surface area contributed by atoms with Gasteiger partial charge in [-0.3, -0.25) is 4.79 Å². The molecule has 0 radical (unpaired) electrons. The van der Waals surface area contributed by atoms with Gasteiger partial charge in [0.25, 0.3) is 0 Å². The van der Waals surface area contributed by atoms with Crippen molar-refractivity contribution in [3.05, 3.63) is 35.4 Å². The number of benzene rings is 1. The van der Waals surface area contributed by atoms with E-state index in [0.717, 1.165) is 19.3 Å². The van der Waals surface area contributed by atoms with E-state index in [1.54, 1.807) is 0 Å². The number of piperidine rings is 1. The van der Waals surface area contributed by atoms with Crippen LogP contribution in [0.4, 0.5) is 0 Å². The smallest absolute Gasteiger partial charge is 0.222 e. The fourth-order valence-electron chi connectivity index (χ4n) is 2.81. The van der Waals surface area contributed by atoms with E-state index in [0.29, 0.717) is 19.5 Å². The van der Waals surface area contributed by atoms with Crippen LogP contribution in [0.15, 0.2) is 24.3 Å². The fourth-order valence-corrected chi connectivity index (χ4v) is 2.81. The lowest BCUT2D eigenvalue weighted by Gasteiger charge is -2.35. The quantitative estimate of drug-likeness (QED) is 0.917. The minimum absolute atomic E-state index is 0.218. The zero-order valence-corrected chi connectivity index (χ0v) is 12.5. The number of rotatable bonds is 4.